The van der Waals surface area contributed by atoms with Crippen molar-refractivity contribution in [2.45, 2.75) is 13.0 Å². The standard InChI is InChI=1S/C12H15NO4/c1-8(2-7-11(15)13-17)12(16)9-3-5-10(14)6-4-9/h2-8,12,14,16-17H,1H3,(H,13,15)/b7-2+/t8-,12+/m0/s1. The molecule has 92 valence electrons. The predicted molar refractivity (Wildman–Crippen MR) is 61.3 cm³/mol. The normalized spacial score (nSPS) is 14.5. The first kappa shape index (κ1) is 13.2. The fourth-order valence-corrected chi connectivity index (χ4v) is 1.36. The average Bonchev–Trinajstić information content (AvgIpc) is 2.35. The lowest BCUT2D eigenvalue weighted by molar-refractivity contribution is -0.124. The van der Waals surface area contributed by atoms with Gasteiger partial charge in [0.05, 0.1) is 6.10 Å². The Bertz CT molecular complexity index is 399. The first-order valence-electron chi connectivity index (χ1n) is 5.14. The molecule has 0 aliphatic heterocycles. The first-order chi connectivity index (χ1) is 8.04. The van der Waals surface area contributed by atoms with Gasteiger partial charge >= 0.3 is 0 Å². The second kappa shape index (κ2) is 6.03. The van der Waals surface area contributed by atoms with Gasteiger partial charge in [-0.25, -0.2) is 5.48 Å². The number of phenolic OH excluding ortho intramolecular Hbond substituents is 1. The molecule has 0 aliphatic carbocycles. The molecule has 0 bridgehead atoms. The molecule has 0 heterocycles. The molecule has 2 atom stereocenters. The second-order valence-corrected chi connectivity index (χ2v) is 3.73. The maximum atomic E-state index is 10.8. The van der Waals surface area contributed by atoms with Crippen LogP contribution >= 0.6 is 0 Å². The molecule has 1 aromatic carbocycles. The Morgan fingerprint density at radius 3 is 2.47 bits per heavy atom. The molecule has 0 aliphatic rings. The lowest BCUT2D eigenvalue weighted by Crippen LogP contribution is -2.16. The largest absolute Gasteiger partial charge is 0.508 e. The summed E-state index contributed by atoms with van der Waals surface area (Å²) in [5.41, 5.74) is 2.11. The first-order valence-corrected chi connectivity index (χ1v) is 5.14. The fraction of sp³-hybridized carbons (Fsp3) is 0.250. The van der Waals surface area contributed by atoms with Crippen molar-refractivity contribution in [3.05, 3.63) is 42.0 Å². The Morgan fingerprint density at radius 2 is 1.94 bits per heavy atom. The van der Waals surface area contributed by atoms with Crippen molar-refractivity contribution in [2.75, 3.05) is 0 Å². The van der Waals surface area contributed by atoms with Crippen molar-refractivity contribution in [3.8, 4) is 5.75 Å². The Morgan fingerprint density at radius 1 is 1.35 bits per heavy atom. The van der Waals surface area contributed by atoms with Crippen LogP contribution in [0, 0.1) is 5.92 Å². The molecule has 0 saturated heterocycles. The zero-order chi connectivity index (χ0) is 12.8. The summed E-state index contributed by atoms with van der Waals surface area (Å²) >= 11 is 0. The molecule has 5 nitrogen and oxygen atoms in total. The van der Waals surface area contributed by atoms with Gasteiger partial charge in [-0.05, 0) is 17.7 Å². The molecule has 1 amide bonds. The van der Waals surface area contributed by atoms with Crippen LogP contribution in [0.1, 0.15) is 18.6 Å². The fourth-order valence-electron chi connectivity index (χ4n) is 1.36. The topological polar surface area (TPSA) is 89.8 Å². The van der Waals surface area contributed by atoms with E-state index in [0.717, 1.165) is 6.08 Å². The van der Waals surface area contributed by atoms with E-state index in [4.69, 9.17) is 10.3 Å². The van der Waals surface area contributed by atoms with Gasteiger partial charge < -0.3 is 10.2 Å². The Hall–Kier alpha value is -1.85. The highest BCUT2D eigenvalue weighted by atomic mass is 16.5. The number of phenols is 1. The number of carbonyl (C=O) groups excluding carboxylic acids is 1. The van der Waals surface area contributed by atoms with Gasteiger partial charge in [-0.1, -0.05) is 25.1 Å². The summed E-state index contributed by atoms with van der Waals surface area (Å²) in [6.45, 7) is 1.73. The summed E-state index contributed by atoms with van der Waals surface area (Å²) in [5.74, 6) is -0.810. The SMILES string of the molecule is C[C@@H](/C=C/C(=O)NO)[C@@H](O)c1ccc(O)cc1. The number of benzene rings is 1. The zero-order valence-corrected chi connectivity index (χ0v) is 9.37. The lowest BCUT2D eigenvalue weighted by Gasteiger charge is -2.15. The van der Waals surface area contributed by atoms with E-state index < -0.39 is 12.0 Å². The molecule has 1 rings (SSSR count). The number of aliphatic hydroxyl groups is 1. The number of hydroxylamine groups is 1. The summed E-state index contributed by atoms with van der Waals surface area (Å²) in [6, 6.07) is 6.18. The molecule has 0 spiro atoms. The van der Waals surface area contributed by atoms with Crippen LogP contribution in [-0.2, 0) is 4.79 Å². The number of carbonyl (C=O) groups is 1. The van der Waals surface area contributed by atoms with E-state index in [9.17, 15) is 9.90 Å². The number of rotatable bonds is 4. The molecule has 0 aromatic heterocycles. The number of hydrogen-bond acceptors (Lipinski definition) is 4. The molecule has 4 N–H and O–H groups in total. The maximum absolute atomic E-state index is 10.8. The quantitative estimate of drug-likeness (QED) is 0.359. The van der Waals surface area contributed by atoms with Crippen LogP contribution in [0.3, 0.4) is 0 Å². The van der Waals surface area contributed by atoms with Crippen LogP contribution in [0.25, 0.3) is 0 Å². The Kier molecular flexibility index (Phi) is 4.68. The highest BCUT2D eigenvalue weighted by Crippen LogP contribution is 2.24. The third kappa shape index (κ3) is 3.90. The zero-order valence-electron chi connectivity index (χ0n) is 9.37. The van der Waals surface area contributed by atoms with Gasteiger partial charge in [0.2, 0.25) is 0 Å². The van der Waals surface area contributed by atoms with Gasteiger partial charge in [-0.2, -0.15) is 0 Å². The van der Waals surface area contributed by atoms with Crippen LogP contribution in [0.2, 0.25) is 0 Å². The molecular weight excluding hydrogens is 222 g/mol. The minimum atomic E-state index is -0.779. The number of aromatic hydroxyl groups is 1. The van der Waals surface area contributed by atoms with Crippen LogP contribution < -0.4 is 5.48 Å². The molecule has 0 saturated carbocycles. The van der Waals surface area contributed by atoms with Gasteiger partial charge in [0, 0.05) is 12.0 Å². The van der Waals surface area contributed by atoms with Crippen molar-refractivity contribution < 1.29 is 20.2 Å². The predicted octanol–water partition coefficient (Wildman–Crippen LogP) is 1.12. The van der Waals surface area contributed by atoms with Gasteiger partial charge in [0.25, 0.3) is 5.91 Å². The van der Waals surface area contributed by atoms with Crippen molar-refractivity contribution in [1.82, 2.24) is 5.48 Å². The summed E-state index contributed by atoms with van der Waals surface area (Å²) in [7, 11) is 0. The van der Waals surface area contributed by atoms with Crippen molar-refractivity contribution >= 4 is 5.91 Å². The molecule has 0 unspecified atom stereocenters. The van der Waals surface area contributed by atoms with Crippen LogP contribution in [0.15, 0.2) is 36.4 Å². The molecule has 0 radical (unpaired) electrons. The van der Waals surface area contributed by atoms with E-state index in [1.807, 2.05) is 0 Å². The molecule has 1 aromatic rings. The van der Waals surface area contributed by atoms with Crippen molar-refractivity contribution in [1.29, 1.82) is 0 Å². The summed E-state index contributed by atoms with van der Waals surface area (Å²) in [4.78, 5) is 10.8. The van der Waals surface area contributed by atoms with E-state index >= 15 is 0 Å². The highest BCUT2D eigenvalue weighted by Gasteiger charge is 2.13. The smallest absolute Gasteiger partial charge is 0.267 e. The van der Waals surface area contributed by atoms with E-state index in [0.29, 0.717) is 5.56 Å². The van der Waals surface area contributed by atoms with Crippen molar-refractivity contribution in [2.24, 2.45) is 5.92 Å². The van der Waals surface area contributed by atoms with Crippen molar-refractivity contribution in [3.63, 3.8) is 0 Å². The van der Waals surface area contributed by atoms with Crippen LogP contribution in [-0.4, -0.2) is 21.3 Å². The van der Waals surface area contributed by atoms with Gasteiger partial charge in [0.1, 0.15) is 5.75 Å². The number of aliphatic hydroxyl groups excluding tert-OH is 1. The molecule has 0 fully saturated rings. The number of hydrogen-bond donors (Lipinski definition) is 4. The van der Waals surface area contributed by atoms with Crippen LogP contribution in [0.4, 0.5) is 0 Å². The lowest BCUT2D eigenvalue weighted by atomic mass is 9.97. The second-order valence-electron chi connectivity index (χ2n) is 3.73. The van der Waals surface area contributed by atoms with Gasteiger partial charge in [0.15, 0.2) is 0 Å². The average molecular weight is 237 g/mol. The Labute approximate surface area is 99.0 Å². The number of nitrogens with one attached hydrogen (secondary N) is 1. The van der Waals surface area contributed by atoms with E-state index in [1.54, 1.807) is 19.1 Å². The van der Waals surface area contributed by atoms with Gasteiger partial charge in [-0.3, -0.25) is 10.0 Å². The van der Waals surface area contributed by atoms with E-state index in [1.165, 1.54) is 23.7 Å². The number of amides is 1. The highest BCUT2D eigenvalue weighted by molar-refractivity contribution is 5.86. The molecular formula is C12H15NO4. The van der Waals surface area contributed by atoms with E-state index in [-0.39, 0.29) is 11.7 Å². The molecule has 17 heavy (non-hydrogen) atoms. The minimum absolute atomic E-state index is 0.129. The monoisotopic (exact) mass is 237 g/mol. The summed E-state index contributed by atoms with van der Waals surface area (Å²) < 4.78 is 0. The third-order valence-electron chi connectivity index (χ3n) is 2.39. The third-order valence-corrected chi connectivity index (χ3v) is 2.39. The van der Waals surface area contributed by atoms with Gasteiger partial charge in [-0.15, -0.1) is 0 Å². The summed E-state index contributed by atoms with van der Waals surface area (Å²) in [6.07, 6.45) is 1.86. The summed E-state index contributed by atoms with van der Waals surface area (Å²) in [5, 5.41) is 27.3. The Balaban J connectivity index is 2.69. The van der Waals surface area contributed by atoms with E-state index in [2.05, 4.69) is 0 Å². The molecule has 5 heteroatoms. The maximum Gasteiger partial charge on any atom is 0.267 e. The van der Waals surface area contributed by atoms with Crippen LogP contribution in [0.5, 0.6) is 5.75 Å². The minimum Gasteiger partial charge on any atom is -0.508 e.